The summed E-state index contributed by atoms with van der Waals surface area (Å²) in [4.78, 5) is 26.4. The molecule has 2 heterocycles. The fraction of sp³-hybridized carbons (Fsp3) is 0.407. The smallest absolute Gasteiger partial charge is 0.309 e. The Morgan fingerprint density at radius 3 is 2.49 bits per heavy atom. The van der Waals surface area contributed by atoms with Gasteiger partial charge in [0.05, 0.1) is 28.3 Å². The highest BCUT2D eigenvalue weighted by molar-refractivity contribution is 7.99. The van der Waals surface area contributed by atoms with Gasteiger partial charge in [-0.3, -0.25) is 14.2 Å². The molecule has 37 heavy (non-hydrogen) atoms. The van der Waals surface area contributed by atoms with Crippen molar-refractivity contribution in [2.24, 2.45) is 5.92 Å². The number of amides is 1. The molecule has 10 heteroatoms. The van der Waals surface area contributed by atoms with Crippen LogP contribution in [0.25, 0.3) is 17.1 Å². The average molecular weight is 562 g/mol. The maximum Gasteiger partial charge on any atom is 0.309 e. The molecule has 0 saturated carbocycles. The zero-order valence-electron chi connectivity index (χ0n) is 20.7. The molecule has 0 atom stereocenters. The minimum absolute atomic E-state index is 0.0888. The number of hydrogen-bond donors (Lipinski definition) is 0. The summed E-state index contributed by atoms with van der Waals surface area (Å²) in [7, 11) is 0. The summed E-state index contributed by atoms with van der Waals surface area (Å²) in [5, 5.41) is 10.6. The Hall–Kier alpha value is -2.55. The molecule has 0 bridgehead atoms. The quantitative estimate of drug-likeness (QED) is 0.164. The van der Waals surface area contributed by atoms with Gasteiger partial charge in [0.2, 0.25) is 5.91 Å². The van der Waals surface area contributed by atoms with E-state index in [4.69, 9.17) is 27.9 Å². The lowest BCUT2D eigenvalue weighted by molar-refractivity contribution is -0.151. The van der Waals surface area contributed by atoms with E-state index in [1.165, 1.54) is 0 Å². The normalized spacial score (nSPS) is 14.1. The van der Waals surface area contributed by atoms with Crippen molar-refractivity contribution in [2.75, 3.05) is 25.4 Å². The van der Waals surface area contributed by atoms with E-state index in [1.54, 1.807) is 17.8 Å². The number of nitrogens with zero attached hydrogens (tertiary/aromatic N) is 4. The third kappa shape index (κ3) is 7.06. The molecule has 2 aromatic carbocycles. The molecule has 1 amide bonds. The van der Waals surface area contributed by atoms with Crippen LogP contribution in [0.2, 0.25) is 10.0 Å². The molecule has 7 nitrogen and oxygen atoms in total. The first kappa shape index (κ1) is 27.5. The molecule has 1 aliphatic rings. The van der Waals surface area contributed by atoms with Crippen LogP contribution < -0.4 is 0 Å². The van der Waals surface area contributed by atoms with Gasteiger partial charge < -0.3 is 9.64 Å². The summed E-state index contributed by atoms with van der Waals surface area (Å²) in [6.07, 6.45) is 3.50. The second kappa shape index (κ2) is 13.3. The van der Waals surface area contributed by atoms with Crippen LogP contribution in [0.4, 0.5) is 0 Å². The largest absolute Gasteiger partial charge is 0.466 e. The summed E-state index contributed by atoms with van der Waals surface area (Å²) >= 11 is 14.0. The van der Waals surface area contributed by atoms with E-state index in [0.29, 0.717) is 49.0 Å². The molecule has 0 aliphatic carbocycles. The minimum atomic E-state index is -0.143. The lowest BCUT2D eigenvalue weighted by Crippen LogP contribution is -2.40. The Morgan fingerprint density at radius 1 is 1.03 bits per heavy atom. The number of halogens is 2. The van der Waals surface area contributed by atoms with Crippen LogP contribution in [0.15, 0.2) is 53.7 Å². The molecule has 196 valence electrons. The number of piperidine rings is 1. The van der Waals surface area contributed by atoms with E-state index in [9.17, 15) is 9.59 Å². The minimum Gasteiger partial charge on any atom is -0.466 e. The summed E-state index contributed by atoms with van der Waals surface area (Å²) in [5.74, 6) is 1.44. The zero-order valence-corrected chi connectivity index (χ0v) is 23.1. The molecule has 0 spiro atoms. The number of benzene rings is 2. The van der Waals surface area contributed by atoms with Crippen LogP contribution >= 0.6 is 35.0 Å². The SMILES string of the molecule is CCOC(=O)C1CCN(C(=O)CCCCSc2nnc(-c3ccccc3)n2-c2ccc(Cl)c(Cl)c2)CC1. The van der Waals surface area contributed by atoms with Crippen LogP contribution in [-0.2, 0) is 14.3 Å². The number of esters is 1. The predicted molar refractivity (Wildman–Crippen MR) is 147 cm³/mol. The maximum absolute atomic E-state index is 12.6. The standard InChI is InChI=1S/C27H30Cl2N4O3S/c1-2-36-26(35)20-13-15-32(16-14-20)24(34)10-6-7-17-37-27-31-30-25(19-8-4-3-5-9-19)33(27)21-11-12-22(28)23(29)18-21/h3-5,8-9,11-12,18,20H,2,6-7,10,13-17H2,1H3. The topological polar surface area (TPSA) is 77.3 Å². The molecule has 0 N–H and O–H groups in total. The van der Waals surface area contributed by atoms with Crippen molar-refractivity contribution >= 4 is 46.8 Å². The number of likely N-dealkylation sites (tertiary alicyclic amines) is 1. The predicted octanol–water partition coefficient (Wildman–Crippen LogP) is 6.31. The van der Waals surface area contributed by atoms with Gasteiger partial charge >= 0.3 is 5.97 Å². The van der Waals surface area contributed by atoms with E-state index in [1.807, 2.05) is 58.9 Å². The maximum atomic E-state index is 12.6. The van der Waals surface area contributed by atoms with E-state index >= 15 is 0 Å². The summed E-state index contributed by atoms with van der Waals surface area (Å²) in [6, 6.07) is 15.4. The van der Waals surface area contributed by atoms with Gasteiger partial charge in [-0.05, 0) is 50.8 Å². The van der Waals surface area contributed by atoms with Crippen LogP contribution in [-0.4, -0.2) is 57.0 Å². The van der Waals surface area contributed by atoms with Crippen molar-refractivity contribution in [1.29, 1.82) is 0 Å². The van der Waals surface area contributed by atoms with Crippen molar-refractivity contribution in [2.45, 2.75) is 44.2 Å². The molecule has 1 saturated heterocycles. The molecule has 1 fully saturated rings. The summed E-state index contributed by atoms with van der Waals surface area (Å²) in [5.41, 5.74) is 1.78. The number of carbonyl (C=O) groups is 2. The third-order valence-electron chi connectivity index (χ3n) is 6.31. The second-order valence-electron chi connectivity index (χ2n) is 8.82. The molecule has 3 aromatic rings. The van der Waals surface area contributed by atoms with Gasteiger partial charge in [0.25, 0.3) is 0 Å². The second-order valence-corrected chi connectivity index (χ2v) is 10.7. The zero-order chi connectivity index (χ0) is 26.2. The van der Waals surface area contributed by atoms with Gasteiger partial charge in [-0.15, -0.1) is 10.2 Å². The first-order valence-corrected chi connectivity index (χ1v) is 14.3. The Balaban J connectivity index is 1.32. The van der Waals surface area contributed by atoms with E-state index in [0.717, 1.165) is 40.8 Å². The van der Waals surface area contributed by atoms with Crippen molar-refractivity contribution in [3.8, 4) is 17.1 Å². The number of aromatic nitrogens is 3. The van der Waals surface area contributed by atoms with Crippen molar-refractivity contribution in [3.63, 3.8) is 0 Å². The molecule has 4 rings (SSSR count). The van der Waals surface area contributed by atoms with Gasteiger partial charge in [-0.25, -0.2) is 0 Å². The third-order valence-corrected chi connectivity index (χ3v) is 8.06. The van der Waals surface area contributed by atoms with Gasteiger partial charge in [-0.2, -0.15) is 0 Å². The number of ether oxygens (including phenoxy) is 1. The summed E-state index contributed by atoms with van der Waals surface area (Å²) in [6.45, 7) is 3.44. The van der Waals surface area contributed by atoms with E-state index in [2.05, 4.69) is 10.2 Å². The van der Waals surface area contributed by atoms with Crippen LogP contribution in [0, 0.1) is 5.92 Å². The monoisotopic (exact) mass is 560 g/mol. The highest BCUT2D eigenvalue weighted by Crippen LogP contribution is 2.31. The Bertz CT molecular complexity index is 1210. The number of carbonyl (C=O) groups excluding carboxylic acids is 2. The van der Waals surface area contributed by atoms with Gasteiger partial charge in [-0.1, -0.05) is 65.3 Å². The van der Waals surface area contributed by atoms with Crippen LogP contribution in [0.1, 0.15) is 39.0 Å². The Kier molecular flexibility index (Phi) is 9.88. The molecule has 1 aliphatic heterocycles. The number of thioether (sulfide) groups is 1. The van der Waals surface area contributed by atoms with E-state index in [-0.39, 0.29) is 17.8 Å². The van der Waals surface area contributed by atoms with Crippen molar-refractivity contribution in [1.82, 2.24) is 19.7 Å². The lowest BCUT2D eigenvalue weighted by Gasteiger charge is -2.31. The highest BCUT2D eigenvalue weighted by atomic mass is 35.5. The highest BCUT2D eigenvalue weighted by Gasteiger charge is 2.27. The Labute approximate surface area is 231 Å². The molecule has 1 aromatic heterocycles. The van der Waals surface area contributed by atoms with Crippen molar-refractivity contribution in [3.05, 3.63) is 58.6 Å². The molecular formula is C27H30Cl2N4O3S. The number of hydrogen-bond acceptors (Lipinski definition) is 6. The number of rotatable bonds is 10. The van der Waals surface area contributed by atoms with Crippen LogP contribution in [0.3, 0.4) is 0 Å². The summed E-state index contributed by atoms with van der Waals surface area (Å²) < 4.78 is 7.10. The van der Waals surface area contributed by atoms with Gasteiger partial charge in [0, 0.05) is 30.8 Å². The fourth-order valence-electron chi connectivity index (χ4n) is 4.32. The van der Waals surface area contributed by atoms with Gasteiger partial charge in [0.15, 0.2) is 11.0 Å². The van der Waals surface area contributed by atoms with Crippen molar-refractivity contribution < 1.29 is 14.3 Å². The first-order valence-electron chi connectivity index (χ1n) is 12.5. The van der Waals surface area contributed by atoms with E-state index < -0.39 is 0 Å². The van der Waals surface area contributed by atoms with Gasteiger partial charge in [0.1, 0.15) is 0 Å². The average Bonchev–Trinajstić information content (AvgIpc) is 3.34. The molecular weight excluding hydrogens is 531 g/mol. The lowest BCUT2D eigenvalue weighted by atomic mass is 9.96. The molecule has 0 radical (unpaired) electrons. The first-order chi connectivity index (χ1) is 18.0. The Morgan fingerprint density at radius 2 is 1.78 bits per heavy atom. The number of unbranched alkanes of at least 4 members (excludes halogenated alkanes) is 1. The fourth-order valence-corrected chi connectivity index (χ4v) is 5.56. The van der Waals surface area contributed by atoms with Crippen LogP contribution in [0.5, 0.6) is 0 Å². The molecule has 0 unspecified atom stereocenters.